The molecule has 1 fully saturated rings. The molecule has 1 saturated heterocycles. The molecule has 2 atom stereocenters. The summed E-state index contributed by atoms with van der Waals surface area (Å²) in [5.41, 5.74) is 6.24. The molecule has 0 radical (unpaired) electrons. The van der Waals surface area contributed by atoms with E-state index in [1.165, 1.54) is 4.90 Å². The Hall–Kier alpha value is -3.85. The zero-order valence-corrected chi connectivity index (χ0v) is 22.5. The molecule has 0 spiro atoms. The predicted octanol–water partition coefficient (Wildman–Crippen LogP) is 3.59. The summed E-state index contributed by atoms with van der Waals surface area (Å²) in [6, 6.07) is 13.6. The number of rotatable bonds is 7. The molecular weight excluding hydrogens is 500 g/mol. The number of aryl methyl sites for hydroxylation is 1. The second-order valence-corrected chi connectivity index (χ2v) is 11.0. The van der Waals surface area contributed by atoms with Crippen LogP contribution in [0.1, 0.15) is 47.4 Å². The van der Waals surface area contributed by atoms with Gasteiger partial charge in [0.15, 0.2) is 5.78 Å². The first-order chi connectivity index (χ1) is 18.2. The van der Waals surface area contributed by atoms with Crippen LogP contribution in [0.4, 0.5) is 0 Å². The number of benzene rings is 2. The molecule has 1 aromatic heterocycles. The molecule has 3 aromatic rings. The van der Waals surface area contributed by atoms with E-state index in [2.05, 4.69) is 10.3 Å². The third-order valence-corrected chi connectivity index (χ3v) is 8.21. The highest BCUT2D eigenvalue weighted by molar-refractivity contribution is 7.13. The van der Waals surface area contributed by atoms with Gasteiger partial charge in [0, 0.05) is 25.1 Å². The molecule has 5 rings (SSSR count). The van der Waals surface area contributed by atoms with Crippen molar-refractivity contribution in [2.24, 2.45) is 5.92 Å². The molecule has 3 amide bonds. The van der Waals surface area contributed by atoms with Gasteiger partial charge in [0.25, 0.3) is 5.91 Å². The number of hydrogen-bond acceptors (Lipinski definition) is 6. The smallest absolute Gasteiger partial charge is 0.255 e. The van der Waals surface area contributed by atoms with Crippen molar-refractivity contribution in [3.8, 4) is 10.4 Å². The zero-order valence-electron chi connectivity index (χ0n) is 21.6. The van der Waals surface area contributed by atoms with E-state index in [0.29, 0.717) is 12.1 Å². The second-order valence-electron chi connectivity index (χ2n) is 10.2. The van der Waals surface area contributed by atoms with Crippen molar-refractivity contribution in [2.45, 2.75) is 52.4 Å². The van der Waals surface area contributed by atoms with Gasteiger partial charge >= 0.3 is 0 Å². The molecule has 0 bridgehead atoms. The average molecular weight is 531 g/mol. The Morgan fingerprint density at radius 2 is 1.82 bits per heavy atom. The van der Waals surface area contributed by atoms with Gasteiger partial charge in [-0.2, -0.15) is 0 Å². The van der Waals surface area contributed by atoms with Gasteiger partial charge in [0.1, 0.15) is 12.1 Å². The Morgan fingerprint density at radius 1 is 1.08 bits per heavy atom. The van der Waals surface area contributed by atoms with Crippen molar-refractivity contribution >= 4 is 34.8 Å². The number of fused-ring (bicyclic) bond motifs is 1. The lowest BCUT2D eigenvalue weighted by Gasteiger charge is -2.34. The van der Waals surface area contributed by atoms with E-state index in [4.69, 9.17) is 0 Å². The molecule has 0 saturated carbocycles. The third kappa shape index (κ3) is 4.86. The third-order valence-electron chi connectivity index (χ3n) is 7.23. The summed E-state index contributed by atoms with van der Waals surface area (Å²) in [5, 5.41) is 2.90. The monoisotopic (exact) mass is 530 g/mol. The lowest BCUT2D eigenvalue weighted by atomic mass is 10.0. The second kappa shape index (κ2) is 10.5. The van der Waals surface area contributed by atoms with Gasteiger partial charge in [-0.3, -0.25) is 19.2 Å². The Labute approximate surface area is 225 Å². The number of hydrogen-bond donors (Lipinski definition) is 1. The largest absolute Gasteiger partial charge is 0.350 e. The van der Waals surface area contributed by atoms with Gasteiger partial charge in [-0.25, -0.2) is 4.98 Å². The van der Waals surface area contributed by atoms with E-state index < -0.39 is 12.1 Å². The van der Waals surface area contributed by atoms with E-state index in [0.717, 1.165) is 27.3 Å². The summed E-state index contributed by atoms with van der Waals surface area (Å²) in [6.45, 7) is 6.21. The van der Waals surface area contributed by atoms with Crippen molar-refractivity contribution in [3.05, 3.63) is 76.4 Å². The van der Waals surface area contributed by atoms with Crippen LogP contribution in [0.3, 0.4) is 0 Å². The highest BCUT2D eigenvalue weighted by Crippen LogP contribution is 2.30. The molecule has 2 aliphatic heterocycles. The maximum Gasteiger partial charge on any atom is 0.255 e. The fourth-order valence-electron chi connectivity index (χ4n) is 5.27. The molecule has 1 N–H and O–H groups in total. The Morgan fingerprint density at radius 3 is 2.47 bits per heavy atom. The number of ketones is 1. The average Bonchev–Trinajstić information content (AvgIpc) is 3.60. The first-order valence-electron chi connectivity index (χ1n) is 12.7. The number of carbonyl (C=O) groups is 4. The van der Waals surface area contributed by atoms with Crippen molar-refractivity contribution in [1.82, 2.24) is 20.1 Å². The number of amides is 3. The number of carbonyl (C=O) groups excluding carboxylic acids is 4. The van der Waals surface area contributed by atoms with E-state index >= 15 is 0 Å². The van der Waals surface area contributed by atoms with Gasteiger partial charge in [0.05, 0.1) is 22.6 Å². The van der Waals surface area contributed by atoms with Crippen LogP contribution in [0, 0.1) is 12.8 Å². The summed E-state index contributed by atoms with van der Waals surface area (Å²) in [5.74, 6) is -1.29. The lowest BCUT2D eigenvalue weighted by molar-refractivity contribution is -0.143. The maximum absolute atomic E-state index is 13.8. The summed E-state index contributed by atoms with van der Waals surface area (Å²) < 4.78 is 0. The van der Waals surface area contributed by atoms with Crippen molar-refractivity contribution in [1.29, 1.82) is 0 Å². The highest BCUT2D eigenvalue weighted by atomic mass is 32.1. The van der Waals surface area contributed by atoms with Crippen LogP contribution in [0.5, 0.6) is 0 Å². The maximum atomic E-state index is 13.8. The van der Waals surface area contributed by atoms with Crippen LogP contribution in [-0.2, 0) is 27.5 Å². The molecule has 2 aromatic carbocycles. The highest BCUT2D eigenvalue weighted by Gasteiger charge is 2.45. The van der Waals surface area contributed by atoms with Gasteiger partial charge in [0.2, 0.25) is 11.8 Å². The van der Waals surface area contributed by atoms with Gasteiger partial charge in [-0.1, -0.05) is 56.3 Å². The number of Topliss-reactive ketones (excluding diaryl/α,β-unsaturated/α-hetero) is 1. The van der Waals surface area contributed by atoms with E-state index in [1.54, 1.807) is 28.4 Å². The minimum atomic E-state index is -0.893. The molecule has 8 nitrogen and oxygen atoms in total. The molecule has 3 heterocycles. The van der Waals surface area contributed by atoms with E-state index in [9.17, 15) is 19.2 Å². The Bertz CT molecular complexity index is 1400. The number of aromatic nitrogens is 1. The minimum Gasteiger partial charge on any atom is -0.350 e. The number of nitrogens with zero attached hydrogens (tertiary/aromatic N) is 3. The first-order valence-corrected chi connectivity index (χ1v) is 13.6. The summed E-state index contributed by atoms with van der Waals surface area (Å²) in [6.07, 6.45) is -0.0276. The first kappa shape index (κ1) is 25.8. The minimum absolute atomic E-state index is 0.0276. The fourth-order valence-corrected chi connectivity index (χ4v) is 6.08. The lowest BCUT2D eigenvalue weighted by Crippen LogP contribution is -2.55. The molecular formula is C29H30N4O4S. The van der Waals surface area contributed by atoms with Crippen molar-refractivity contribution in [3.63, 3.8) is 0 Å². The molecule has 0 aliphatic carbocycles. The Balaban J connectivity index is 1.27. The van der Waals surface area contributed by atoms with Crippen LogP contribution < -0.4 is 5.32 Å². The molecule has 38 heavy (non-hydrogen) atoms. The van der Waals surface area contributed by atoms with Crippen molar-refractivity contribution in [2.75, 3.05) is 6.54 Å². The summed E-state index contributed by atoms with van der Waals surface area (Å²) >= 11 is 1.58. The van der Waals surface area contributed by atoms with E-state index in [-0.39, 0.29) is 48.9 Å². The molecule has 0 unspecified atom stereocenters. The van der Waals surface area contributed by atoms with Crippen LogP contribution in [-0.4, -0.2) is 56.9 Å². The quantitative estimate of drug-likeness (QED) is 0.503. The number of thiazole rings is 1. The zero-order chi connectivity index (χ0) is 27.0. The van der Waals surface area contributed by atoms with Crippen LogP contribution in [0.2, 0.25) is 0 Å². The van der Waals surface area contributed by atoms with E-state index in [1.807, 2.05) is 62.7 Å². The molecule has 2 aliphatic rings. The predicted molar refractivity (Wildman–Crippen MR) is 144 cm³/mol. The topological polar surface area (TPSA) is 99.7 Å². The standard InChI is InChI=1S/C29H30N4O4S/c1-17(2)25(33-14-21-6-4-5-7-23(21)28(33)36)29(37)32-15-22(34)12-24(32)27(35)30-13-19-8-10-20(11-9-19)26-18(3)31-16-38-26/h4-11,16-17,24-25H,12-15H2,1-3H3,(H,30,35)/t24-,25-/m0/s1. The number of nitrogens with one attached hydrogen (secondary N) is 1. The summed E-state index contributed by atoms with van der Waals surface area (Å²) in [4.78, 5) is 60.8. The van der Waals surface area contributed by atoms with Crippen molar-refractivity contribution < 1.29 is 19.2 Å². The normalized spacial score (nSPS) is 17.7. The SMILES string of the molecule is Cc1ncsc1-c1ccc(CNC(=O)[C@@H]2CC(=O)CN2C(=O)[C@H](C(C)C)N2Cc3ccccc3C2=O)cc1. The molecule has 9 heteroatoms. The number of likely N-dealkylation sites (tertiary alicyclic amines) is 1. The fraction of sp³-hybridized carbons (Fsp3) is 0.345. The van der Waals surface area contributed by atoms with Crippen LogP contribution >= 0.6 is 11.3 Å². The van der Waals surface area contributed by atoms with Gasteiger partial charge < -0.3 is 15.1 Å². The molecule has 196 valence electrons. The van der Waals surface area contributed by atoms with Crippen LogP contribution in [0.25, 0.3) is 10.4 Å². The van der Waals surface area contributed by atoms with Crippen LogP contribution in [0.15, 0.2) is 54.0 Å². The van der Waals surface area contributed by atoms with Gasteiger partial charge in [-0.05, 0) is 35.6 Å². The Kier molecular flexibility index (Phi) is 7.12. The summed E-state index contributed by atoms with van der Waals surface area (Å²) in [7, 11) is 0. The van der Waals surface area contributed by atoms with Gasteiger partial charge in [-0.15, -0.1) is 11.3 Å².